The molecular formula is C17H15F2NO2. The van der Waals surface area contributed by atoms with Gasteiger partial charge in [-0.25, -0.2) is 0 Å². The summed E-state index contributed by atoms with van der Waals surface area (Å²) in [5.41, 5.74) is 2.54. The number of amides is 1. The minimum absolute atomic E-state index is 0.0447. The molecule has 0 aliphatic carbocycles. The summed E-state index contributed by atoms with van der Waals surface area (Å²) in [6.45, 7) is -0.891. The molecule has 0 fully saturated rings. The molecule has 0 radical (unpaired) electrons. The van der Waals surface area contributed by atoms with Crippen molar-refractivity contribution in [3.05, 3.63) is 65.7 Å². The van der Waals surface area contributed by atoms with Gasteiger partial charge >= 0.3 is 6.61 Å². The van der Waals surface area contributed by atoms with Crippen LogP contribution in [-0.4, -0.2) is 12.5 Å². The van der Waals surface area contributed by atoms with Crippen LogP contribution < -0.4 is 10.1 Å². The van der Waals surface area contributed by atoms with Crippen molar-refractivity contribution in [2.24, 2.45) is 0 Å². The molecule has 0 bridgehead atoms. The summed E-state index contributed by atoms with van der Waals surface area (Å²) >= 11 is 0. The Balaban J connectivity index is 1.94. The number of anilines is 1. The number of nitrogens with one attached hydrogen (secondary N) is 1. The van der Waals surface area contributed by atoms with Gasteiger partial charge in [0, 0.05) is 11.8 Å². The Bertz CT molecular complexity index is 667. The van der Waals surface area contributed by atoms with Gasteiger partial charge in [-0.2, -0.15) is 8.78 Å². The number of hydrogen-bond donors (Lipinski definition) is 1. The third-order valence-corrected chi connectivity index (χ3v) is 2.82. The highest BCUT2D eigenvalue weighted by atomic mass is 19.3. The molecule has 0 saturated carbocycles. The van der Waals surface area contributed by atoms with Crippen molar-refractivity contribution in [2.45, 2.75) is 13.5 Å². The summed E-state index contributed by atoms with van der Waals surface area (Å²) < 4.78 is 28.3. The van der Waals surface area contributed by atoms with Gasteiger partial charge in [0.1, 0.15) is 5.75 Å². The Kier molecular flexibility index (Phi) is 5.25. The molecule has 0 aliphatic rings. The lowest BCUT2D eigenvalue weighted by molar-refractivity contribution is -0.111. The molecule has 114 valence electrons. The molecule has 0 heterocycles. The summed E-state index contributed by atoms with van der Waals surface area (Å²) in [5, 5.41) is 2.64. The second-order valence-corrected chi connectivity index (χ2v) is 4.64. The highest BCUT2D eigenvalue weighted by molar-refractivity contribution is 6.01. The van der Waals surface area contributed by atoms with Crippen LogP contribution in [-0.2, 0) is 4.79 Å². The van der Waals surface area contributed by atoms with Crippen molar-refractivity contribution in [1.82, 2.24) is 0 Å². The zero-order valence-electron chi connectivity index (χ0n) is 11.9. The van der Waals surface area contributed by atoms with E-state index in [1.807, 2.05) is 31.2 Å². The van der Waals surface area contributed by atoms with Crippen LogP contribution in [0, 0.1) is 6.92 Å². The second kappa shape index (κ2) is 7.36. The van der Waals surface area contributed by atoms with E-state index in [-0.39, 0.29) is 11.7 Å². The third-order valence-electron chi connectivity index (χ3n) is 2.82. The normalized spacial score (nSPS) is 10.9. The maximum Gasteiger partial charge on any atom is 0.387 e. The van der Waals surface area contributed by atoms with Crippen LogP contribution in [0.25, 0.3) is 6.08 Å². The number of alkyl halides is 2. The topological polar surface area (TPSA) is 38.3 Å². The molecule has 0 saturated heterocycles. The monoisotopic (exact) mass is 303 g/mol. The molecule has 0 spiro atoms. The average Bonchev–Trinajstić information content (AvgIpc) is 2.47. The lowest BCUT2D eigenvalue weighted by Crippen LogP contribution is -2.08. The fourth-order valence-electron chi connectivity index (χ4n) is 1.85. The SMILES string of the molecule is Cc1cccc(/C=C/C(=O)Nc2ccc(OC(F)F)cc2)c1. The van der Waals surface area contributed by atoms with Gasteiger partial charge in [0.25, 0.3) is 0 Å². The van der Waals surface area contributed by atoms with E-state index in [2.05, 4.69) is 10.1 Å². The largest absolute Gasteiger partial charge is 0.435 e. The molecule has 3 nitrogen and oxygen atoms in total. The molecule has 2 aromatic carbocycles. The van der Waals surface area contributed by atoms with Crippen molar-refractivity contribution in [2.75, 3.05) is 5.32 Å². The first-order valence-electron chi connectivity index (χ1n) is 6.63. The molecule has 5 heteroatoms. The molecule has 22 heavy (non-hydrogen) atoms. The number of carbonyl (C=O) groups is 1. The molecule has 0 atom stereocenters. The maximum atomic E-state index is 12.0. The van der Waals surface area contributed by atoms with Crippen LogP contribution in [0.5, 0.6) is 5.75 Å². The van der Waals surface area contributed by atoms with Crippen LogP contribution in [0.3, 0.4) is 0 Å². The first-order chi connectivity index (χ1) is 10.5. The molecule has 0 aromatic heterocycles. The summed E-state index contributed by atoms with van der Waals surface area (Å²) in [6.07, 6.45) is 3.12. The van der Waals surface area contributed by atoms with Gasteiger partial charge < -0.3 is 10.1 Å². The summed E-state index contributed by atoms with van der Waals surface area (Å²) in [4.78, 5) is 11.8. The number of benzene rings is 2. The minimum Gasteiger partial charge on any atom is -0.435 e. The van der Waals surface area contributed by atoms with E-state index in [1.165, 1.54) is 30.3 Å². The summed E-state index contributed by atoms with van der Waals surface area (Å²) in [6, 6.07) is 13.5. The fourth-order valence-corrected chi connectivity index (χ4v) is 1.85. The number of hydrogen-bond acceptors (Lipinski definition) is 2. The van der Waals surface area contributed by atoms with Gasteiger partial charge in [0.05, 0.1) is 0 Å². The van der Waals surface area contributed by atoms with Gasteiger partial charge in [0.2, 0.25) is 5.91 Å². The Morgan fingerprint density at radius 2 is 1.91 bits per heavy atom. The predicted octanol–water partition coefficient (Wildman–Crippen LogP) is 4.25. The Morgan fingerprint density at radius 1 is 1.18 bits per heavy atom. The Labute approximate surface area is 127 Å². The number of aryl methyl sites for hydroxylation is 1. The highest BCUT2D eigenvalue weighted by Crippen LogP contribution is 2.17. The smallest absolute Gasteiger partial charge is 0.387 e. The third kappa shape index (κ3) is 5.01. The predicted molar refractivity (Wildman–Crippen MR) is 81.9 cm³/mol. The first kappa shape index (κ1) is 15.7. The number of carbonyl (C=O) groups excluding carboxylic acids is 1. The Hall–Kier alpha value is -2.69. The van der Waals surface area contributed by atoms with Crippen LogP contribution in [0.1, 0.15) is 11.1 Å². The molecule has 0 aliphatic heterocycles. The van der Waals surface area contributed by atoms with Crippen LogP contribution >= 0.6 is 0 Å². The van der Waals surface area contributed by atoms with Crippen molar-refractivity contribution in [3.63, 3.8) is 0 Å². The van der Waals surface area contributed by atoms with Gasteiger partial charge in [-0.15, -0.1) is 0 Å². The van der Waals surface area contributed by atoms with E-state index >= 15 is 0 Å². The van der Waals surface area contributed by atoms with Gasteiger partial charge in [-0.1, -0.05) is 29.8 Å². The molecule has 1 N–H and O–H groups in total. The number of ether oxygens (including phenoxy) is 1. The van der Waals surface area contributed by atoms with Crippen molar-refractivity contribution >= 4 is 17.7 Å². The number of halogens is 2. The van der Waals surface area contributed by atoms with E-state index < -0.39 is 6.61 Å². The molecule has 2 aromatic rings. The number of rotatable bonds is 5. The molecule has 2 rings (SSSR count). The van der Waals surface area contributed by atoms with Crippen molar-refractivity contribution < 1.29 is 18.3 Å². The van der Waals surface area contributed by atoms with E-state index in [4.69, 9.17) is 0 Å². The van der Waals surface area contributed by atoms with Crippen LogP contribution in [0.15, 0.2) is 54.6 Å². The zero-order chi connectivity index (χ0) is 15.9. The van der Waals surface area contributed by atoms with E-state index in [0.29, 0.717) is 5.69 Å². The van der Waals surface area contributed by atoms with Gasteiger partial charge in [0.15, 0.2) is 0 Å². The van der Waals surface area contributed by atoms with Crippen LogP contribution in [0.4, 0.5) is 14.5 Å². The molecular weight excluding hydrogens is 288 g/mol. The van der Waals surface area contributed by atoms with Crippen molar-refractivity contribution in [3.8, 4) is 5.75 Å². The first-order valence-corrected chi connectivity index (χ1v) is 6.63. The van der Waals surface area contributed by atoms with Crippen molar-refractivity contribution in [1.29, 1.82) is 0 Å². The minimum atomic E-state index is -2.86. The van der Waals surface area contributed by atoms with E-state index in [1.54, 1.807) is 6.08 Å². The summed E-state index contributed by atoms with van der Waals surface area (Å²) in [5.74, 6) is -0.257. The quantitative estimate of drug-likeness (QED) is 0.839. The highest BCUT2D eigenvalue weighted by Gasteiger charge is 2.04. The molecule has 0 unspecified atom stereocenters. The zero-order valence-corrected chi connectivity index (χ0v) is 11.9. The lowest BCUT2D eigenvalue weighted by atomic mass is 10.1. The maximum absolute atomic E-state index is 12.0. The standard InChI is InChI=1S/C17H15F2NO2/c1-12-3-2-4-13(11-12)5-10-16(21)20-14-6-8-15(9-7-14)22-17(18)19/h2-11,17H,1H3,(H,20,21)/b10-5+. The summed E-state index contributed by atoms with van der Waals surface area (Å²) in [7, 11) is 0. The van der Waals surface area contributed by atoms with E-state index in [0.717, 1.165) is 11.1 Å². The van der Waals surface area contributed by atoms with E-state index in [9.17, 15) is 13.6 Å². The van der Waals surface area contributed by atoms with Gasteiger partial charge in [-0.3, -0.25) is 4.79 Å². The average molecular weight is 303 g/mol. The second-order valence-electron chi connectivity index (χ2n) is 4.64. The lowest BCUT2D eigenvalue weighted by Gasteiger charge is -2.06. The van der Waals surface area contributed by atoms with Gasteiger partial charge in [-0.05, 0) is 42.8 Å². The van der Waals surface area contributed by atoms with Crippen LogP contribution in [0.2, 0.25) is 0 Å². The fraction of sp³-hybridized carbons (Fsp3) is 0.118. The Morgan fingerprint density at radius 3 is 2.55 bits per heavy atom. The molecule has 1 amide bonds.